The lowest BCUT2D eigenvalue weighted by Gasteiger charge is -2.33. The molecule has 52 heavy (non-hydrogen) atoms. The van der Waals surface area contributed by atoms with Crippen LogP contribution in [0.4, 0.5) is 4.79 Å². The van der Waals surface area contributed by atoms with E-state index in [1.54, 1.807) is 18.0 Å². The molecule has 2 heterocycles. The van der Waals surface area contributed by atoms with Gasteiger partial charge in [-0.15, -0.1) is 0 Å². The summed E-state index contributed by atoms with van der Waals surface area (Å²) in [5.41, 5.74) is 7.38. The SMILES string of the molecule is CCCS(=O)(=O)NC[C@H](O)C[C@H](O)[C@H](CC1CCCCC1)NC(=O)[C@H](Cc1c[nH]cn1)NC(=O)[C@H](Cc1ccccc1)NC(=O)N1CCC(N)CC1. The number of benzene rings is 1. The van der Waals surface area contributed by atoms with E-state index in [1.165, 1.54) is 6.33 Å². The molecule has 2 fully saturated rings. The third-order valence-corrected chi connectivity index (χ3v) is 11.5. The number of nitrogens with one attached hydrogen (secondary N) is 5. The summed E-state index contributed by atoms with van der Waals surface area (Å²) in [4.78, 5) is 50.3. The molecule has 2 aliphatic rings. The van der Waals surface area contributed by atoms with Crippen LogP contribution < -0.4 is 26.4 Å². The molecule has 0 spiro atoms. The number of aliphatic hydroxyl groups is 2. The number of sulfonamides is 1. The fraction of sp³-hybridized carbons (Fsp3) is 0.667. The molecule has 1 aromatic heterocycles. The molecule has 9 N–H and O–H groups in total. The molecule has 0 radical (unpaired) electrons. The van der Waals surface area contributed by atoms with Gasteiger partial charge in [-0.2, -0.15) is 0 Å². The zero-order chi connectivity index (χ0) is 37.5. The summed E-state index contributed by atoms with van der Waals surface area (Å²) in [6.45, 7) is 2.42. The van der Waals surface area contributed by atoms with Crippen LogP contribution in [0.3, 0.4) is 0 Å². The van der Waals surface area contributed by atoms with Crippen molar-refractivity contribution in [3.05, 3.63) is 54.1 Å². The van der Waals surface area contributed by atoms with E-state index < -0.39 is 52.2 Å². The molecular weight excluding hydrogens is 689 g/mol. The van der Waals surface area contributed by atoms with Crippen molar-refractivity contribution in [1.82, 2.24) is 35.5 Å². The summed E-state index contributed by atoms with van der Waals surface area (Å²) in [7, 11) is -3.56. The van der Waals surface area contributed by atoms with E-state index in [0.29, 0.717) is 44.5 Å². The highest BCUT2D eigenvalue weighted by molar-refractivity contribution is 7.89. The molecule has 290 valence electrons. The number of hydrogen-bond donors (Lipinski definition) is 8. The van der Waals surface area contributed by atoms with Crippen molar-refractivity contribution < 1.29 is 33.0 Å². The predicted octanol–water partition coefficient (Wildman–Crippen LogP) is 1.08. The highest BCUT2D eigenvalue weighted by atomic mass is 32.2. The van der Waals surface area contributed by atoms with E-state index in [2.05, 4.69) is 30.6 Å². The Balaban J connectivity index is 1.51. The largest absolute Gasteiger partial charge is 0.392 e. The Morgan fingerprint density at radius 1 is 0.962 bits per heavy atom. The van der Waals surface area contributed by atoms with Gasteiger partial charge in [-0.3, -0.25) is 9.59 Å². The predicted molar refractivity (Wildman–Crippen MR) is 197 cm³/mol. The summed E-state index contributed by atoms with van der Waals surface area (Å²) in [6, 6.07) is 6.02. The number of carbonyl (C=O) groups excluding carboxylic acids is 3. The van der Waals surface area contributed by atoms with Crippen LogP contribution >= 0.6 is 0 Å². The number of H-pyrrole nitrogens is 1. The fourth-order valence-corrected chi connectivity index (χ4v) is 8.09. The lowest BCUT2D eigenvalue weighted by Crippen LogP contribution is -2.59. The van der Waals surface area contributed by atoms with Gasteiger partial charge in [0, 0.05) is 51.1 Å². The van der Waals surface area contributed by atoms with E-state index in [9.17, 15) is 33.0 Å². The minimum atomic E-state index is -3.56. The van der Waals surface area contributed by atoms with Gasteiger partial charge in [0.25, 0.3) is 0 Å². The summed E-state index contributed by atoms with van der Waals surface area (Å²) < 4.78 is 26.7. The van der Waals surface area contributed by atoms with Crippen LogP contribution in [0.25, 0.3) is 0 Å². The van der Waals surface area contributed by atoms with Crippen molar-refractivity contribution in [3.63, 3.8) is 0 Å². The maximum atomic E-state index is 14.1. The van der Waals surface area contributed by atoms with Crippen molar-refractivity contribution in [2.75, 3.05) is 25.4 Å². The van der Waals surface area contributed by atoms with Crippen LogP contribution in [-0.2, 0) is 32.5 Å². The van der Waals surface area contributed by atoms with Crippen LogP contribution in [0.2, 0.25) is 0 Å². The maximum absolute atomic E-state index is 14.1. The average Bonchev–Trinajstić information content (AvgIpc) is 3.64. The van der Waals surface area contributed by atoms with Gasteiger partial charge in [-0.05, 0) is 37.2 Å². The van der Waals surface area contributed by atoms with Crippen LogP contribution in [0.5, 0.6) is 0 Å². The minimum absolute atomic E-state index is 0.0242. The van der Waals surface area contributed by atoms with Crippen molar-refractivity contribution in [2.45, 2.75) is 120 Å². The van der Waals surface area contributed by atoms with E-state index in [-0.39, 0.29) is 49.6 Å². The Hall–Kier alpha value is -3.57. The molecule has 4 amide bonds. The number of likely N-dealkylation sites (tertiary alicyclic amines) is 1. The number of hydrogen-bond acceptors (Lipinski definition) is 9. The van der Waals surface area contributed by atoms with E-state index in [4.69, 9.17) is 5.73 Å². The zero-order valence-electron chi connectivity index (χ0n) is 30.2. The number of nitrogens with two attached hydrogens (primary N) is 1. The van der Waals surface area contributed by atoms with Crippen LogP contribution in [0, 0.1) is 5.92 Å². The lowest BCUT2D eigenvalue weighted by atomic mass is 9.83. The normalized spacial score (nSPS) is 18.9. The van der Waals surface area contributed by atoms with Crippen molar-refractivity contribution in [2.24, 2.45) is 11.7 Å². The lowest BCUT2D eigenvalue weighted by molar-refractivity contribution is -0.131. The van der Waals surface area contributed by atoms with Gasteiger partial charge in [0.15, 0.2) is 0 Å². The third kappa shape index (κ3) is 13.8. The molecule has 5 atom stereocenters. The Kier molecular flexibility index (Phi) is 16.3. The second-order valence-corrected chi connectivity index (χ2v) is 16.2. The number of aromatic amines is 1. The highest BCUT2D eigenvalue weighted by Gasteiger charge is 2.33. The Bertz CT molecular complexity index is 1480. The molecule has 0 bridgehead atoms. The molecule has 0 unspecified atom stereocenters. The smallest absolute Gasteiger partial charge is 0.318 e. The standard InChI is InChI=1S/C36H58N8O7S/c1-2-17-52(50,51)40-23-29(45)21-33(46)30(18-25-9-5-3-6-10-25)41-35(48)32(20-28-22-38-24-39-28)42-34(47)31(19-26-11-7-4-8-12-26)43-36(49)44-15-13-27(37)14-16-44/h4,7-8,11-12,22,24-25,27,29-33,40,45-46H,2-3,5-6,9-10,13-21,23,37H2,1H3,(H,38,39)(H,41,48)(H,42,47)(H,43,49)/t29-,30+,31+,32+,33+/m1/s1. The summed E-state index contributed by atoms with van der Waals surface area (Å²) in [5.74, 6) is -0.942. The topological polar surface area (TPSA) is 232 Å². The van der Waals surface area contributed by atoms with E-state index >= 15 is 0 Å². The molecule has 1 aliphatic heterocycles. The van der Waals surface area contributed by atoms with E-state index in [0.717, 1.165) is 37.7 Å². The number of urea groups is 1. The molecule has 1 aliphatic carbocycles. The number of piperidine rings is 1. The zero-order valence-corrected chi connectivity index (χ0v) is 31.0. The minimum Gasteiger partial charge on any atom is -0.392 e. The van der Waals surface area contributed by atoms with Crippen molar-refractivity contribution in [1.29, 1.82) is 0 Å². The second kappa shape index (κ2) is 20.6. The molecule has 16 heteroatoms. The fourth-order valence-electron chi connectivity index (χ4n) is 6.96. The Morgan fingerprint density at radius 2 is 1.63 bits per heavy atom. The second-order valence-electron chi connectivity index (χ2n) is 14.3. The Morgan fingerprint density at radius 3 is 2.29 bits per heavy atom. The molecule has 1 saturated carbocycles. The van der Waals surface area contributed by atoms with Gasteiger partial charge in [0.1, 0.15) is 12.1 Å². The first kappa shape index (κ1) is 41.2. The van der Waals surface area contributed by atoms with Crippen LogP contribution in [0.1, 0.15) is 82.4 Å². The molecular formula is C36H58N8O7S. The number of nitrogens with zero attached hydrogens (tertiary/aromatic N) is 2. The number of carbonyl (C=O) groups is 3. The van der Waals surface area contributed by atoms with E-state index in [1.807, 2.05) is 30.3 Å². The summed E-state index contributed by atoms with van der Waals surface area (Å²) in [6.07, 6.45) is 8.05. The number of aromatic nitrogens is 2. The number of imidazole rings is 1. The van der Waals surface area contributed by atoms with Crippen LogP contribution in [0.15, 0.2) is 42.9 Å². The first-order valence-electron chi connectivity index (χ1n) is 18.7. The number of rotatable bonds is 19. The quantitative estimate of drug-likeness (QED) is 0.103. The average molecular weight is 747 g/mol. The van der Waals surface area contributed by atoms with Gasteiger partial charge >= 0.3 is 6.03 Å². The van der Waals surface area contributed by atoms with Gasteiger partial charge in [0.05, 0.1) is 36.0 Å². The number of amides is 4. The molecule has 4 rings (SSSR count). The maximum Gasteiger partial charge on any atom is 0.318 e. The first-order chi connectivity index (χ1) is 24.9. The molecule has 2 aromatic rings. The van der Waals surface area contributed by atoms with Crippen molar-refractivity contribution in [3.8, 4) is 0 Å². The Labute approximate surface area is 307 Å². The van der Waals surface area contributed by atoms with Crippen LogP contribution in [-0.4, -0.2) is 113 Å². The summed E-state index contributed by atoms with van der Waals surface area (Å²) in [5, 5.41) is 30.8. The van der Waals surface area contributed by atoms with Gasteiger partial charge < -0.3 is 41.8 Å². The molecule has 1 saturated heterocycles. The van der Waals surface area contributed by atoms with Gasteiger partial charge in [-0.25, -0.2) is 22.9 Å². The van der Waals surface area contributed by atoms with Gasteiger partial charge in [-0.1, -0.05) is 69.4 Å². The number of aliphatic hydroxyl groups excluding tert-OH is 2. The third-order valence-electron chi connectivity index (χ3n) is 9.95. The molecule has 1 aromatic carbocycles. The highest BCUT2D eigenvalue weighted by Crippen LogP contribution is 2.28. The molecule has 15 nitrogen and oxygen atoms in total. The van der Waals surface area contributed by atoms with Gasteiger partial charge in [0.2, 0.25) is 21.8 Å². The van der Waals surface area contributed by atoms with Crippen molar-refractivity contribution >= 4 is 27.9 Å². The summed E-state index contributed by atoms with van der Waals surface area (Å²) >= 11 is 0. The first-order valence-corrected chi connectivity index (χ1v) is 20.3. The monoisotopic (exact) mass is 746 g/mol.